The van der Waals surface area contributed by atoms with Gasteiger partial charge in [0.25, 0.3) is 0 Å². The van der Waals surface area contributed by atoms with E-state index in [1.54, 1.807) is 0 Å². The molecule has 1 saturated heterocycles. The van der Waals surface area contributed by atoms with E-state index in [4.69, 9.17) is 0 Å². The van der Waals surface area contributed by atoms with Crippen LogP contribution in [-0.4, -0.2) is 22.1 Å². The van der Waals surface area contributed by atoms with Crippen LogP contribution < -0.4 is 5.32 Å². The molecular formula is C14H23N3. The first kappa shape index (κ1) is 11.3. The van der Waals surface area contributed by atoms with E-state index in [9.17, 15) is 0 Å². The first-order chi connectivity index (χ1) is 8.25. The molecule has 2 aliphatic rings. The number of aromatic nitrogens is 2. The third kappa shape index (κ3) is 2.25. The minimum Gasteiger partial charge on any atom is -0.331 e. The summed E-state index contributed by atoms with van der Waals surface area (Å²) >= 11 is 0. The Kier molecular flexibility index (Phi) is 2.95. The van der Waals surface area contributed by atoms with Gasteiger partial charge in [-0.05, 0) is 38.1 Å². The van der Waals surface area contributed by atoms with Gasteiger partial charge in [-0.25, -0.2) is 4.98 Å². The van der Waals surface area contributed by atoms with E-state index in [2.05, 4.69) is 34.9 Å². The fourth-order valence-corrected chi connectivity index (χ4v) is 3.14. The summed E-state index contributed by atoms with van der Waals surface area (Å²) in [5, 5.41) is 3.67. The lowest BCUT2D eigenvalue weighted by Gasteiger charge is -2.22. The van der Waals surface area contributed by atoms with E-state index in [0.717, 1.165) is 18.5 Å². The molecule has 3 rings (SSSR count). The number of imidazole rings is 1. The fraction of sp³-hybridized carbons (Fsp3) is 0.786. The van der Waals surface area contributed by atoms with Crippen LogP contribution in [0.4, 0.5) is 0 Å². The molecule has 1 saturated carbocycles. The molecule has 94 valence electrons. The number of rotatable bonds is 4. The molecule has 1 N–H and O–H groups in total. The van der Waals surface area contributed by atoms with Gasteiger partial charge in [-0.1, -0.05) is 13.8 Å². The van der Waals surface area contributed by atoms with E-state index < -0.39 is 0 Å². The van der Waals surface area contributed by atoms with Gasteiger partial charge < -0.3 is 9.88 Å². The van der Waals surface area contributed by atoms with Gasteiger partial charge in [0.1, 0.15) is 0 Å². The molecule has 3 nitrogen and oxygen atoms in total. The molecule has 0 bridgehead atoms. The number of nitrogens with one attached hydrogen (secondary N) is 1. The van der Waals surface area contributed by atoms with Crippen molar-refractivity contribution in [1.82, 2.24) is 14.9 Å². The lowest BCUT2D eigenvalue weighted by atomic mass is 9.91. The van der Waals surface area contributed by atoms with Crippen LogP contribution in [0.5, 0.6) is 0 Å². The largest absolute Gasteiger partial charge is 0.331 e. The highest BCUT2D eigenvalue weighted by atomic mass is 15.1. The molecule has 2 unspecified atom stereocenters. The first-order valence-corrected chi connectivity index (χ1v) is 7.01. The van der Waals surface area contributed by atoms with E-state index >= 15 is 0 Å². The Labute approximate surface area is 104 Å². The van der Waals surface area contributed by atoms with Crippen LogP contribution in [0.15, 0.2) is 12.5 Å². The van der Waals surface area contributed by atoms with Gasteiger partial charge in [0.05, 0.1) is 6.33 Å². The molecule has 2 heterocycles. The number of nitrogens with zero attached hydrogens (tertiary/aromatic N) is 2. The maximum atomic E-state index is 4.38. The Morgan fingerprint density at radius 1 is 1.41 bits per heavy atom. The molecule has 2 atom stereocenters. The van der Waals surface area contributed by atoms with Gasteiger partial charge in [0.2, 0.25) is 0 Å². The lowest BCUT2D eigenvalue weighted by molar-refractivity contribution is 0.422. The van der Waals surface area contributed by atoms with Crippen LogP contribution in [0, 0.1) is 5.92 Å². The summed E-state index contributed by atoms with van der Waals surface area (Å²) in [6.07, 6.45) is 9.38. The second-order valence-corrected chi connectivity index (χ2v) is 6.04. The minimum absolute atomic E-state index is 0.657. The fourth-order valence-electron chi connectivity index (χ4n) is 3.14. The second-order valence-electron chi connectivity index (χ2n) is 6.04. The average Bonchev–Trinajstić information content (AvgIpc) is 2.85. The molecule has 0 aromatic carbocycles. The maximum absolute atomic E-state index is 4.38. The zero-order chi connectivity index (χ0) is 11.8. The first-order valence-electron chi connectivity index (χ1n) is 7.01. The molecule has 1 aliphatic carbocycles. The van der Waals surface area contributed by atoms with Gasteiger partial charge in [-0.3, -0.25) is 0 Å². The third-order valence-corrected chi connectivity index (χ3v) is 4.09. The van der Waals surface area contributed by atoms with Crippen molar-refractivity contribution in [1.29, 1.82) is 0 Å². The molecule has 17 heavy (non-hydrogen) atoms. The average molecular weight is 233 g/mol. The smallest absolute Gasteiger partial charge is 0.0950 e. The SMILES string of the molecule is CC(C)CC1NCCC1c1cncn1C1CC1. The molecule has 1 aliphatic heterocycles. The summed E-state index contributed by atoms with van der Waals surface area (Å²) in [5.41, 5.74) is 1.48. The molecule has 1 aromatic heterocycles. The monoisotopic (exact) mass is 233 g/mol. The van der Waals surface area contributed by atoms with Gasteiger partial charge >= 0.3 is 0 Å². The Bertz CT molecular complexity index is 379. The van der Waals surface area contributed by atoms with Crippen molar-refractivity contribution in [3.05, 3.63) is 18.2 Å². The highest BCUT2D eigenvalue weighted by molar-refractivity contribution is 5.15. The van der Waals surface area contributed by atoms with Gasteiger partial charge in [0, 0.05) is 29.9 Å². The second kappa shape index (κ2) is 4.45. The van der Waals surface area contributed by atoms with E-state index in [1.807, 2.05) is 6.33 Å². The summed E-state index contributed by atoms with van der Waals surface area (Å²) in [7, 11) is 0. The van der Waals surface area contributed by atoms with Crippen LogP contribution in [0.2, 0.25) is 0 Å². The van der Waals surface area contributed by atoms with Crippen molar-refractivity contribution >= 4 is 0 Å². The molecule has 1 aromatic rings. The topological polar surface area (TPSA) is 29.9 Å². The lowest BCUT2D eigenvalue weighted by Crippen LogP contribution is -2.28. The summed E-state index contributed by atoms with van der Waals surface area (Å²) in [4.78, 5) is 4.38. The summed E-state index contributed by atoms with van der Waals surface area (Å²) in [5.74, 6) is 1.45. The van der Waals surface area contributed by atoms with E-state index in [0.29, 0.717) is 12.0 Å². The van der Waals surface area contributed by atoms with Crippen molar-refractivity contribution in [2.45, 2.75) is 57.5 Å². The summed E-state index contributed by atoms with van der Waals surface area (Å²) < 4.78 is 2.44. The minimum atomic E-state index is 0.657. The number of hydrogen-bond donors (Lipinski definition) is 1. The van der Waals surface area contributed by atoms with Crippen molar-refractivity contribution in [2.24, 2.45) is 5.92 Å². The Balaban J connectivity index is 1.79. The predicted octanol–water partition coefficient (Wildman–Crippen LogP) is 2.71. The van der Waals surface area contributed by atoms with Crippen LogP contribution in [0.25, 0.3) is 0 Å². The van der Waals surface area contributed by atoms with Crippen LogP contribution in [0.1, 0.15) is 57.2 Å². The van der Waals surface area contributed by atoms with E-state index in [1.165, 1.54) is 31.4 Å². The van der Waals surface area contributed by atoms with Crippen molar-refractivity contribution in [3.63, 3.8) is 0 Å². The third-order valence-electron chi connectivity index (χ3n) is 4.09. The quantitative estimate of drug-likeness (QED) is 0.866. The van der Waals surface area contributed by atoms with Gasteiger partial charge in [-0.2, -0.15) is 0 Å². The predicted molar refractivity (Wildman–Crippen MR) is 69.1 cm³/mol. The van der Waals surface area contributed by atoms with E-state index in [-0.39, 0.29) is 0 Å². The molecular weight excluding hydrogens is 210 g/mol. The highest BCUT2D eigenvalue weighted by Gasteiger charge is 2.34. The molecule has 3 heteroatoms. The Morgan fingerprint density at radius 2 is 2.24 bits per heavy atom. The molecule has 0 spiro atoms. The van der Waals surface area contributed by atoms with Gasteiger partial charge in [0.15, 0.2) is 0 Å². The standard InChI is InChI=1S/C14H23N3/c1-10(2)7-13-12(5-6-16-13)14-8-15-9-17(14)11-3-4-11/h8-13,16H,3-7H2,1-2H3. The summed E-state index contributed by atoms with van der Waals surface area (Å²) in [6.45, 7) is 5.79. The van der Waals surface area contributed by atoms with Crippen LogP contribution in [-0.2, 0) is 0 Å². The van der Waals surface area contributed by atoms with Crippen molar-refractivity contribution in [3.8, 4) is 0 Å². The molecule has 0 amide bonds. The maximum Gasteiger partial charge on any atom is 0.0950 e. The zero-order valence-corrected chi connectivity index (χ0v) is 10.9. The Morgan fingerprint density at radius 3 is 2.94 bits per heavy atom. The van der Waals surface area contributed by atoms with Crippen molar-refractivity contribution in [2.75, 3.05) is 6.54 Å². The molecule has 2 fully saturated rings. The number of hydrogen-bond acceptors (Lipinski definition) is 2. The zero-order valence-electron chi connectivity index (χ0n) is 10.9. The van der Waals surface area contributed by atoms with Crippen molar-refractivity contribution < 1.29 is 0 Å². The summed E-state index contributed by atoms with van der Waals surface area (Å²) in [6, 6.07) is 1.41. The Hall–Kier alpha value is -0.830. The molecule has 0 radical (unpaired) electrons. The van der Waals surface area contributed by atoms with Crippen LogP contribution >= 0.6 is 0 Å². The normalized spacial score (nSPS) is 29.1. The van der Waals surface area contributed by atoms with Gasteiger partial charge in [-0.15, -0.1) is 0 Å². The highest BCUT2D eigenvalue weighted by Crippen LogP contribution is 2.39. The van der Waals surface area contributed by atoms with Crippen LogP contribution in [0.3, 0.4) is 0 Å².